The minimum absolute atomic E-state index is 0.0404. The highest BCUT2D eigenvalue weighted by Crippen LogP contribution is 2.71. The Morgan fingerprint density at radius 1 is 1.11 bits per heavy atom. The van der Waals surface area contributed by atoms with Crippen molar-refractivity contribution in [2.24, 2.45) is 23.2 Å². The van der Waals surface area contributed by atoms with Crippen LogP contribution >= 0.6 is 0 Å². The minimum atomic E-state index is -1.22. The second-order valence-corrected chi connectivity index (χ2v) is 12.1. The van der Waals surface area contributed by atoms with E-state index in [1.54, 1.807) is 0 Å². The third-order valence-electron chi connectivity index (χ3n) is 9.77. The first kappa shape index (κ1) is 29.8. The normalized spacial score (nSPS) is 37.2. The molecular weight excluding hydrogens is 464 g/mol. The summed E-state index contributed by atoms with van der Waals surface area (Å²) >= 11 is 0. The van der Waals surface area contributed by atoms with Gasteiger partial charge in [0.15, 0.2) is 0 Å². The molecule has 0 aromatic rings. The van der Waals surface area contributed by atoms with Crippen molar-refractivity contribution < 1.29 is 25.2 Å². The fourth-order valence-electron chi connectivity index (χ4n) is 8.05. The molecule has 3 aliphatic rings. The number of carbonyl (C=O) groups excluding carboxylic acids is 1. The van der Waals surface area contributed by atoms with Crippen LogP contribution in [-0.4, -0.2) is 51.1 Å². The van der Waals surface area contributed by atoms with E-state index in [1.807, 2.05) is 32.1 Å². The molecule has 3 rings (SSSR count). The van der Waals surface area contributed by atoms with E-state index in [0.717, 1.165) is 35.8 Å². The van der Waals surface area contributed by atoms with Crippen LogP contribution in [0.5, 0.6) is 0 Å². The Hall–Kier alpha value is -1.79. The van der Waals surface area contributed by atoms with Crippen LogP contribution in [0.15, 0.2) is 58.7 Å². The Morgan fingerprint density at radius 3 is 2.46 bits per heavy atom. The first-order valence-electron chi connectivity index (χ1n) is 14.0. The number of carbonyl (C=O) groups is 1. The average Bonchev–Trinajstić information content (AvgIpc) is 3.16. The van der Waals surface area contributed by atoms with E-state index in [1.165, 1.54) is 5.57 Å². The second-order valence-electron chi connectivity index (χ2n) is 12.1. The monoisotopic (exact) mass is 512 g/mol. The van der Waals surface area contributed by atoms with E-state index in [-0.39, 0.29) is 31.0 Å². The van der Waals surface area contributed by atoms with E-state index in [9.17, 15) is 25.2 Å². The summed E-state index contributed by atoms with van der Waals surface area (Å²) in [5, 5.41) is 44.8. The van der Waals surface area contributed by atoms with E-state index >= 15 is 0 Å². The van der Waals surface area contributed by atoms with Crippen LogP contribution < -0.4 is 0 Å². The summed E-state index contributed by atoms with van der Waals surface area (Å²) in [6, 6.07) is 0. The van der Waals surface area contributed by atoms with E-state index in [0.29, 0.717) is 50.5 Å². The third kappa shape index (κ3) is 5.38. The van der Waals surface area contributed by atoms with Crippen LogP contribution in [0.3, 0.4) is 0 Å². The van der Waals surface area contributed by atoms with Gasteiger partial charge >= 0.3 is 0 Å². The van der Waals surface area contributed by atoms with Gasteiger partial charge in [-0.25, -0.2) is 0 Å². The highest BCUT2D eigenvalue weighted by molar-refractivity contribution is 5.74. The van der Waals surface area contributed by atoms with Gasteiger partial charge in [0, 0.05) is 17.9 Å². The Balaban J connectivity index is 2.00. The SMILES string of the molecule is C=C(C=CC=C(CO)C1CCC23C(C(=C(C)C=O)CCC2(C)O)C(CCO)CCC13O)CCC=C(C)C. The first-order valence-corrected chi connectivity index (χ1v) is 14.0. The largest absolute Gasteiger partial charge is 0.396 e. The van der Waals surface area contributed by atoms with Crippen LogP contribution in [0.25, 0.3) is 0 Å². The third-order valence-corrected chi connectivity index (χ3v) is 9.77. The Labute approximate surface area is 223 Å². The molecule has 6 atom stereocenters. The molecule has 5 nitrogen and oxygen atoms in total. The summed E-state index contributed by atoms with van der Waals surface area (Å²) in [6.07, 6.45) is 14.8. The van der Waals surface area contributed by atoms with Gasteiger partial charge in [0.25, 0.3) is 0 Å². The molecule has 0 aromatic carbocycles. The van der Waals surface area contributed by atoms with Gasteiger partial charge in [-0.05, 0) is 108 Å². The Kier molecular flexibility index (Phi) is 9.61. The molecule has 1 spiro atoms. The molecule has 37 heavy (non-hydrogen) atoms. The number of aliphatic hydroxyl groups is 4. The predicted octanol–water partition coefficient (Wildman–Crippen LogP) is 5.36. The molecule has 206 valence electrons. The summed E-state index contributed by atoms with van der Waals surface area (Å²) in [6.45, 7) is 11.9. The summed E-state index contributed by atoms with van der Waals surface area (Å²) in [5.74, 6) is -0.380. The molecule has 4 N–H and O–H groups in total. The fourth-order valence-corrected chi connectivity index (χ4v) is 8.05. The van der Waals surface area contributed by atoms with Crippen molar-refractivity contribution in [3.8, 4) is 0 Å². The van der Waals surface area contributed by atoms with Gasteiger partial charge in [-0.2, -0.15) is 0 Å². The molecule has 0 bridgehead atoms. The van der Waals surface area contributed by atoms with Crippen molar-refractivity contribution >= 4 is 6.29 Å². The molecule has 0 heterocycles. The van der Waals surface area contributed by atoms with Crippen molar-refractivity contribution in [1.29, 1.82) is 0 Å². The smallest absolute Gasteiger partial charge is 0.145 e. The van der Waals surface area contributed by atoms with E-state index in [2.05, 4.69) is 26.5 Å². The molecule has 5 heteroatoms. The van der Waals surface area contributed by atoms with Gasteiger partial charge in [-0.1, -0.05) is 47.6 Å². The minimum Gasteiger partial charge on any atom is -0.396 e. The highest BCUT2D eigenvalue weighted by Gasteiger charge is 2.73. The maximum atomic E-state index is 12.6. The zero-order valence-electron chi connectivity index (χ0n) is 23.3. The number of hydrogen-bond acceptors (Lipinski definition) is 5. The van der Waals surface area contributed by atoms with Crippen LogP contribution in [0.1, 0.15) is 85.5 Å². The van der Waals surface area contributed by atoms with Gasteiger partial charge < -0.3 is 20.4 Å². The lowest BCUT2D eigenvalue weighted by Gasteiger charge is -2.64. The lowest BCUT2D eigenvalue weighted by molar-refractivity contribution is -0.246. The van der Waals surface area contributed by atoms with Crippen LogP contribution in [0.2, 0.25) is 0 Å². The number of aldehydes is 1. The number of hydrogen-bond donors (Lipinski definition) is 4. The summed E-state index contributed by atoms with van der Waals surface area (Å²) in [7, 11) is 0. The van der Waals surface area contributed by atoms with Crippen molar-refractivity contribution in [2.45, 2.75) is 96.7 Å². The predicted molar refractivity (Wildman–Crippen MR) is 149 cm³/mol. The van der Waals surface area contributed by atoms with Crippen molar-refractivity contribution in [1.82, 2.24) is 0 Å². The Bertz CT molecular complexity index is 979. The van der Waals surface area contributed by atoms with Gasteiger partial charge in [0.1, 0.15) is 6.29 Å². The zero-order valence-corrected chi connectivity index (χ0v) is 23.3. The molecule has 0 aliphatic heterocycles. The second kappa shape index (κ2) is 11.9. The topological polar surface area (TPSA) is 98.0 Å². The summed E-state index contributed by atoms with van der Waals surface area (Å²) in [4.78, 5) is 11.9. The summed E-state index contributed by atoms with van der Waals surface area (Å²) in [5.41, 5.74) is 1.59. The van der Waals surface area contributed by atoms with Crippen molar-refractivity contribution in [3.05, 3.63) is 58.7 Å². The number of rotatable bonds is 10. The molecule has 0 amide bonds. The molecule has 3 fully saturated rings. The molecule has 6 unspecified atom stereocenters. The molecule has 0 radical (unpaired) electrons. The molecule has 0 saturated heterocycles. The maximum absolute atomic E-state index is 12.6. The molecule has 3 saturated carbocycles. The zero-order chi connectivity index (χ0) is 27.4. The van der Waals surface area contributed by atoms with Crippen LogP contribution in [-0.2, 0) is 4.79 Å². The van der Waals surface area contributed by atoms with Crippen LogP contribution in [0, 0.1) is 23.2 Å². The standard InChI is InChI=1S/C32H48O5/c1-22(2)8-6-9-23(3)10-7-11-26(21-35)28-14-17-31-29(25(15-19-33)12-18-32(28,31)37)27(24(4)20-34)13-16-30(31,5)36/h7-8,10-11,20,25,28-29,33,35-37H,3,6,9,12-19,21H2,1-2,4-5H3. The lowest BCUT2D eigenvalue weighted by atomic mass is 9.43. The number of aliphatic hydroxyl groups excluding tert-OH is 2. The lowest BCUT2D eigenvalue weighted by Crippen LogP contribution is -2.69. The molecule has 3 aliphatic carbocycles. The quantitative estimate of drug-likeness (QED) is 0.137. The van der Waals surface area contributed by atoms with Gasteiger partial charge in [-0.15, -0.1) is 0 Å². The van der Waals surface area contributed by atoms with Crippen molar-refractivity contribution in [2.75, 3.05) is 13.2 Å². The van der Waals surface area contributed by atoms with Gasteiger partial charge in [0.05, 0.1) is 17.8 Å². The highest BCUT2D eigenvalue weighted by atomic mass is 16.3. The van der Waals surface area contributed by atoms with Gasteiger partial charge in [0.2, 0.25) is 0 Å². The summed E-state index contributed by atoms with van der Waals surface area (Å²) < 4.78 is 0. The molecular formula is C32H48O5. The fraction of sp³-hybridized carbons (Fsp3) is 0.656. The maximum Gasteiger partial charge on any atom is 0.145 e. The molecule has 0 aromatic heterocycles. The van der Waals surface area contributed by atoms with Crippen LogP contribution in [0.4, 0.5) is 0 Å². The van der Waals surface area contributed by atoms with Crippen molar-refractivity contribution in [3.63, 3.8) is 0 Å². The van der Waals surface area contributed by atoms with E-state index in [4.69, 9.17) is 0 Å². The van der Waals surface area contributed by atoms with E-state index < -0.39 is 16.6 Å². The average molecular weight is 513 g/mol. The first-order chi connectivity index (χ1) is 17.5. The number of allylic oxidation sites excluding steroid dienone is 8. The van der Waals surface area contributed by atoms with Gasteiger partial charge in [-0.3, -0.25) is 4.79 Å². The Morgan fingerprint density at radius 2 is 1.84 bits per heavy atom.